The minimum absolute atomic E-state index is 0.0431. The molecule has 3 N–H and O–H groups in total. The molecule has 7 heteroatoms. The molecule has 0 amide bonds. The zero-order valence-corrected chi connectivity index (χ0v) is 12.7. The van der Waals surface area contributed by atoms with Crippen LogP contribution in [-0.4, -0.2) is 8.42 Å². The fourth-order valence-electron chi connectivity index (χ4n) is 1.69. The minimum atomic E-state index is -3.89. The zero-order chi connectivity index (χ0) is 15.6. The maximum atomic E-state index is 12.3. The normalized spacial score (nSPS) is 10.9. The summed E-state index contributed by atoms with van der Waals surface area (Å²) < 4.78 is 27.1. The Labute approximate surface area is 128 Å². The molecule has 0 aliphatic heterocycles. The average molecular weight is 322 g/mol. The molecule has 5 nitrogen and oxygen atoms in total. The van der Waals surface area contributed by atoms with E-state index in [4.69, 9.17) is 22.6 Å². The topological polar surface area (TPSA) is 96.0 Å². The van der Waals surface area contributed by atoms with Gasteiger partial charge in [-0.25, -0.2) is 8.42 Å². The van der Waals surface area contributed by atoms with Crippen LogP contribution in [-0.2, 0) is 10.0 Å². The van der Waals surface area contributed by atoms with Crippen molar-refractivity contribution in [3.8, 4) is 6.07 Å². The molecule has 0 saturated heterocycles. The molecule has 0 heterocycles. The van der Waals surface area contributed by atoms with E-state index in [1.165, 1.54) is 24.3 Å². The molecule has 0 atom stereocenters. The Morgan fingerprint density at radius 1 is 1.24 bits per heavy atom. The summed E-state index contributed by atoms with van der Waals surface area (Å²) in [5, 5.41) is 8.89. The monoisotopic (exact) mass is 321 g/mol. The van der Waals surface area contributed by atoms with E-state index in [1.54, 1.807) is 12.1 Å². The van der Waals surface area contributed by atoms with Crippen LogP contribution in [0.3, 0.4) is 0 Å². The van der Waals surface area contributed by atoms with Gasteiger partial charge < -0.3 is 5.73 Å². The van der Waals surface area contributed by atoms with Crippen LogP contribution in [0, 0.1) is 18.3 Å². The highest BCUT2D eigenvalue weighted by atomic mass is 35.5. The van der Waals surface area contributed by atoms with Crippen molar-refractivity contribution in [3.63, 3.8) is 0 Å². The van der Waals surface area contributed by atoms with Gasteiger partial charge in [-0.2, -0.15) is 5.26 Å². The lowest BCUT2D eigenvalue weighted by Gasteiger charge is -2.11. The fraction of sp³-hybridized carbons (Fsp3) is 0.0714. The quantitative estimate of drug-likeness (QED) is 0.849. The van der Waals surface area contributed by atoms with Crippen LogP contribution in [0.15, 0.2) is 41.3 Å². The first-order chi connectivity index (χ1) is 9.83. The maximum Gasteiger partial charge on any atom is 0.263 e. The first-order valence-electron chi connectivity index (χ1n) is 5.92. The summed E-state index contributed by atoms with van der Waals surface area (Å²) in [5.41, 5.74) is 7.62. The molecule has 0 aliphatic carbocycles. The molecular weight excluding hydrogens is 310 g/mol. The molecule has 0 saturated carbocycles. The second-order valence-corrected chi connectivity index (χ2v) is 6.49. The number of rotatable bonds is 3. The number of halogens is 1. The Hall–Kier alpha value is -2.23. The molecular formula is C14H12ClN3O2S. The van der Waals surface area contributed by atoms with E-state index in [0.29, 0.717) is 11.4 Å². The van der Waals surface area contributed by atoms with Crippen LogP contribution < -0.4 is 10.5 Å². The number of hydrogen-bond acceptors (Lipinski definition) is 4. The van der Waals surface area contributed by atoms with Crippen LogP contribution in [0.1, 0.15) is 11.1 Å². The number of nitrogen functional groups attached to an aromatic ring is 1. The van der Waals surface area contributed by atoms with Crippen LogP contribution in [0.25, 0.3) is 0 Å². The SMILES string of the molecule is Cc1ccc(NS(=O)(=O)c2cc(C#N)ccc2Cl)cc1N. The van der Waals surface area contributed by atoms with Gasteiger partial charge in [-0.05, 0) is 42.8 Å². The van der Waals surface area contributed by atoms with Gasteiger partial charge in [0.1, 0.15) is 4.90 Å². The largest absolute Gasteiger partial charge is 0.398 e. The summed E-state index contributed by atoms with van der Waals surface area (Å²) in [6, 6.07) is 10.8. The molecule has 0 radical (unpaired) electrons. The number of anilines is 2. The Morgan fingerprint density at radius 2 is 1.95 bits per heavy atom. The molecule has 0 aromatic heterocycles. The summed E-state index contributed by atoms with van der Waals surface area (Å²) in [6.45, 7) is 1.82. The zero-order valence-electron chi connectivity index (χ0n) is 11.1. The van der Waals surface area contributed by atoms with E-state index in [-0.39, 0.29) is 15.5 Å². The van der Waals surface area contributed by atoms with Gasteiger partial charge in [0, 0.05) is 5.69 Å². The van der Waals surface area contributed by atoms with Gasteiger partial charge >= 0.3 is 0 Å². The van der Waals surface area contributed by atoms with Gasteiger partial charge in [0.25, 0.3) is 10.0 Å². The molecule has 2 rings (SSSR count). The lowest BCUT2D eigenvalue weighted by atomic mass is 10.2. The second kappa shape index (κ2) is 5.64. The van der Waals surface area contributed by atoms with Gasteiger partial charge in [-0.1, -0.05) is 17.7 Å². The Morgan fingerprint density at radius 3 is 2.57 bits per heavy atom. The summed E-state index contributed by atoms with van der Waals surface area (Å²) >= 11 is 5.91. The van der Waals surface area contributed by atoms with Crippen LogP contribution >= 0.6 is 11.6 Å². The summed E-state index contributed by atoms with van der Waals surface area (Å²) in [4.78, 5) is -0.151. The molecule has 21 heavy (non-hydrogen) atoms. The molecule has 2 aromatic carbocycles. The molecule has 2 aromatic rings. The van der Waals surface area contributed by atoms with E-state index < -0.39 is 10.0 Å². The Balaban J connectivity index is 2.43. The molecule has 0 bridgehead atoms. The molecule has 0 unspecified atom stereocenters. The number of benzene rings is 2. The highest BCUT2D eigenvalue weighted by molar-refractivity contribution is 7.92. The van der Waals surface area contributed by atoms with Crippen LogP contribution in [0.5, 0.6) is 0 Å². The van der Waals surface area contributed by atoms with E-state index in [2.05, 4.69) is 4.72 Å². The fourth-order valence-corrected chi connectivity index (χ4v) is 3.27. The smallest absolute Gasteiger partial charge is 0.263 e. The Kier molecular flexibility index (Phi) is 4.07. The predicted molar refractivity (Wildman–Crippen MR) is 82.6 cm³/mol. The van der Waals surface area contributed by atoms with Crippen molar-refractivity contribution in [3.05, 3.63) is 52.5 Å². The first kappa shape index (κ1) is 15.2. The average Bonchev–Trinajstić information content (AvgIpc) is 2.43. The number of hydrogen-bond donors (Lipinski definition) is 2. The third kappa shape index (κ3) is 3.27. The van der Waals surface area contributed by atoms with Gasteiger partial charge in [0.2, 0.25) is 0 Å². The first-order valence-corrected chi connectivity index (χ1v) is 7.78. The lowest BCUT2D eigenvalue weighted by Crippen LogP contribution is -2.14. The number of aryl methyl sites for hydroxylation is 1. The van der Waals surface area contributed by atoms with Gasteiger partial charge in [-0.15, -0.1) is 0 Å². The van der Waals surface area contributed by atoms with E-state index in [9.17, 15) is 8.42 Å². The van der Waals surface area contributed by atoms with E-state index in [0.717, 1.165) is 5.56 Å². The highest BCUT2D eigenvalue weighted by Gasteiger charge is 2.19. The van der Waals surface area contributed by atoms with Crippen molar-refractivity contribution in [2.75, 3.05) is 10.5 Å². The van der Waals surface area contributed by atoms with Crippen molar-refractivity contribution in [2.45, 2.75) is 11.8 Å². The number of sulfonamides is 1. The predicted octanol–water partition coefficient (Wildman–Crippen LogP) is 2.90. The molecule has 0 spiro atoms. The summed E-state index contributed by atoms with van der Waals surface area (Å²) in [5.74, 6) is 0. The number of nitriles is 1. The Bertz CT molecular complexity index is 842. The van der Waals surface area contributed by atoms with Gasteiger partial charge in [0.05, 0.1) is 22.3 Å². The number of nitrogens with zero attached hydrogens (tertiary/aromatic N) is 1. The van der Waals surface area contributed by atoms with E-state index >= 15 is 0 Å². The lowest BCUT2D eigenvalue weighted by molar-refractivity contribution is 0.601. The third-order valence-electron chi connectivity index (χ3n) is 2.88. The minimum Gasteiger partial charge on any atom is -0.398 e. The van der Waals surface area contributed by atoms with E-state index in [1.807, 2.05) is 13.0 Å². The summed E-state index contributed by atoms with van der Waals surface area (Å²) in [6.07, 6.45) is 0. The van der Waals surface area contributed by atoms with Crippen molar-refractivity contribution >= 4 is 33.0 Å². The molecule has 0 fully saturated rings. The maximum absolute atomic E-state index is 12.3. The summed E-state index contributed by atoms with van der Waals surface area (Å²) in [7, 11) is -3.89. The number of nitrogens with one attached hydrogen (secondary N) is 1. The van der Waals surface area contributed by atoms with Crippen LogP contribution in [0.4, 0.5) is 11.4 Å². The van der Waals surface area contributed by atoms with Gasteiger partial charge in [0.15, 0.2) is 0 Å². The van der Waals surface area contributed by atoms with Crippen LogP contribution in [0.2, 0.25) is 5.02 Å². The van der Waals surface area contributed by atoms with Gasteiger partial charge in [-0.3, -0.25) is 4.72 Å². The van der Waals surface area contributed by atoms with Crippen molar-refractivity contribution in [1.29, 1.82) is 5.26 Å². The standard InChI is InChI=1S/C14H12ClN3O2S/c1-9-2-4-11(7-13(9)17)18-21(19,20)14-6-10(8-16)3-5-12(14)15/h2-7,18H,17H2,1H3. The van der Waals surface area contributed by atoms with Crippen molar-refractivity contribution < 1.29 is 8.42 Å². The molecule has 108 valence electrons. The molecule has 0 aliphatic rings. The third-order valence-corrected chi connectivity index (χ3v) is 4.74. The highest BCUT2D eigenvalue weighted by Crippen LogP contribution is 2.26. The number of nitrogens with two attached hydrogens (primary N) is 1. The second-order valence-electron chi connectivity index (χ2n) is 4.43. The van der Waals surface area contributed by atoms with Crippen molar-refractivity contribution in [2.24, 2.45) is 0 Å². The van der Waals surface area contributed by atoms with Crippen molar-refractivity contribution in [1.82, 2.24) is 0 Å².